The predicted molar refractivity (Wildman–Crippen MR) is 32.9 cm³/mol. The van der Waals surface area contributed by atoms with E-state index in [9.17, 15) is 4.79 Å². The summed E-state index contributed by atoms with van der Waals surface area (Å²) in [6.07, 6.45) is 1.34. The van der Waals surface area contributed by atoms with E-state index in [1.54, 1.807) is 12.1 Å². The number of hydrogen-bond donors (Lipinski definition) is 3. The van der Waals surface area contributed by atoms with Crippen molar-refractivity contribution in [3.63, 3.8) is 0 Å². The summed E-state index contributed by atoms with van der Waals surface area (Å²) in [6.45, 7) is 0.490. The Labute approximate surface area is 57.7 Å². The molecule has 3 N–H and O–H groups in total. The van der Waals surface area contributed by atoms with Crippen LogP contribution in [0.5, 0.6) is 0 Å². The maximum atomic E-state index is 10.1. The minimum atomic E-state index is -0.387. The molecule has 1 heterocycles. The Hall–Kier alpha value is -1.50. The highest BCUT2D eigenvalue weighted by Gasteiger charge is 2.19. The number of nitrogens with one attached hydrogen (secondary N) is 3. The molecule has 0 radical (unpaired) electrons. The van der Waals surface area contributed by atoms with Crippen molar-refractivity contribution in [1.82, 2.24) is 16.0 Å². The third-order valence-corrected chi connectivity index (χ3v) is 1.19. The fraction of sp³-hybridized carbons (Fsp3) is 0.400. The molecule has 1 aliphatic rings. The van der Waals surface area contributed by atoms with Crippen LogP contribution in [0.2, 0.25) is 0 Å². The van der Waals surface area contributed by atoms with Crippen molar-refractivity contribution >= 4 is 5.94 Å². The summed E-state index contributed by atoms with van der Waals surface area (Å²) >= 11 is 0. The first-order valence-electron chi connectivity index (χ1n) is 2.75. The topological polar surface area (TPSA) is 77.0 Å². The minimum Gasteiger partial charge on any atom is -0.364 e. The van der Waals surface area contributed by atoms with E-state index in [0.717, 1.165) is 0 Å². The molecular weight excluding hydrogens is 132 g/mol. The van der Waals surface area contributed by atoms with Crippen LogP contribution in [0.1, 0.15) is 0 Å². The van der Waals surface area contributed by atoms with Crippen LogP contribution in [0.3, 0.4) is 0 Å². The molecule has 1 atom stereocenters. The van der Waals surface area contributed by atoms with Gasteiger partial charge in [0.05, 0.1) is 6.67 Å². The van der Waals surface area contributed by atoms with Crippen LogP contribution in [0, 0.1) is 11.5 Å². The van der Waals surface area contributed by atoms with Gasteiger partial charge >= 0.3 is 0 Å². The minimum absolute atomic E-state index is 0.349. The Balaban J connectivity index is 2.61. The van der Waals surface area contributed by atoms with Crippen LogP contribution in [0.4, 0.5) is 0 Å². The van der Waals surface area contributed by atoms with Crippen LogP contribution >= 0.6 is 0 Å². The molecule has 0 aliphatic carbocycles. The van der Waals surface area contributed by atoms with Crippen LogP contribution < -0.4 is 16.0 Å². The molecule has 0 amide bonds. The summed E-state index contributed by atoms with van der Waals surface area (Å²) in [5, 5.41) is 16.1. The van der Waals surface area contributed by atoms with Crippen molar-refractivity contribution in [2.75, 3.05) is 6.67 Å². The average molecular weight is 138 g/mol. The number of hydrogen-bond acceptors (Lipinski definition) is 5. The Morgan fingerprint density at radius 3 is 3.20 bits per heavy atom. The van der Waals surface area contributed by atoms with E-state index in [4.69, 9.17) is 5.26 Å². The molecule has 1 fully saturated rings. The van der Waals surface area contributed by atoms with E-state index >= 15 is 0 Å². The molecule has 1 unspecified atom stereocenters. The molecule has 1 aliphatic heterocycles. The van der Waals surface area contributed by atoms with Crippen LogP contribution in [0.15, 0.2) is 5.70 Å². The van der Waals surface area contributed by atoms with E-state index in [0.29, 0.717) is 12.4 Å². The third kappa shape index (κ3) is 1.08. The number of carbonyl (C=O) groups excluding carboxylic acids is 1. The lowest BCUT2D eigenvalue weighted by Gasteiger charge is -2.03. The van der Waals surface area contributed by atoms with Gasteiger partial charge in [-0.1, -0.05) is 0 Å². The highest BCUT2D eigenvalue weighted by Crippen LogP contribution is 1.94. The molecule has 10 heavy (non-hydrogen) atoms. The monoisotopic (exact) mass is 138 g/mol. The Bertz CT molecular complexity index is 212. The molecule has 0 aromatic carbocycles. The number of nitrogens with zero attached hydrogens (tertiary/aromatic N) is 1. The second-order valence-corrected chi connectivity index (χ2v) is 1.76. The van der Waals surface area contributed by atoms with Crippen molar-refractivity contribution in [2.24, 2.45) is 0 Å². The van der Waals surface area contributed by atoms with E-state index in [1.165, 1.54) is 0 Å². The van der Waals surface area contributed by atoms with Crippen molar-refractivity contribution in [2.45, 2.75) is 6.17 Å². The first kappa shape index (κ1) is 6.62. The van der Waals surface area contributed by atoms with Gasteiger partial charge in [0.1, 0.15) is 17.8 Å². The molecular formula is C5H6N4O. The van der Waals surface area contributed by atoms with E-state index in [-0.39, 0.29) is 6.17 Å². The third-order valence-electron chi connectivity index (χ3n) is 1.19. The van der Waals surface area contributed by atoms with Crippen LogP contribution in [0.25, 0.3) is 0 Å². The average Bonchev–Trinajstić information content (AvgIpc) is 2.36. The smallest absolute Gasteiger partial charge is 0.178 e. The molecule has 5 heteroatoms. The molecule has 0 bridgehead atoms. The second-order valence-electron chi connectivity index (χ2n) is 1.76. The lowest BCUT2D eigenvalue weighted by atomic mass is 10.4. The highest BCUT2D eigenvalue weighted by atomic mass is 16.1. The molecule has 0 aromatic rings. The summed E-state index contributed by atoms with van der Waals surface area (Å²) in [5.74, 6) is 1.68. The Morgan fingerprint density at radius 2 is 2.60 bits per heavy atom. The molecule has 1 rings (SSSR count). The van der Waals surface area contributed by atoms with Crippen molar-refractivity contribution in [1.29, 1.82) is 5.26 Å². The fourth-order valence-electron chi connectivity index (χ4n) is 0.735. The van der Waals surface area contributed by atoms with Gasteiger partial charge in [-0.3, -0.25) is 5.32 Å². The van der Waals surface area contributed by atoms with E-state index < -0.39 is 0 Å². The summed E-state index contributed by atoms with van der Waals surface area (Å²) in [7, 11) is 0. The molecule has 0 aromatic heterocycles. The van der Waals surface area contributed by atoms with Crippen molar-refractivity contribution in [3.8, 4) is 6.19 Å². The second kappa shape index (κ2) is 2.87. The SMILES string of the molecule is N#CNC1NCNC1=C=O. The first-order chi connectivity index (χ1) is 4.88. The molecule has 52 valence electrons. The molecule has 1 saturated heterocycles. The van der Waals surface area contributed by atoms with Gasteiger partial charge in [0.25, 0.3) is 0 Å². The molecule has 5 nitrogen and oxygen atoms in total. The van der Waals surface area contributed by atoms with Gasteiger partial charge in [-0.25, -0.2) is 4.79 Å². The first-order valence-corrected chi connectivity index (χ1v) is 2.75. The standard InChI is InChI=1S/C5H6N4O/c6-2-7-5-4(1-10)8-3-9-5/h5,7-9H,3H2. The maximum Gasteiger partial charge on any atom is 0.178 e. The van der Waals surface area contributed by atoms with Gasteiger partial charge in [-0.15, -0.1) is 0 Å². The fourth-order valence-corrected chi connectivity index (χ4v) is 0.735. The largest absolute Gasteiger partial charge is 0.364 e. The van der Waals surface area contributed by atoms with Crippen LogP contribution in [-0.4, -0.2) is 18.8 Å². The summed E-state index contributed by atoms with van der Waals surface area (Å²) in [4.78, 5) is 10.1. The summed E-state index contributed by atoms with van der Waals surface area (Å²) < 4.78 is 0. The van der Waals surface area contributed by atoms with Gasteiger partial charge in [-0.05, 0) is 0 Å². The maximum absolute atomic E-state index is 10.1. The lowest BCUT2D eigenvalue weighted by Crippen LogP contribution is -2.35. The van der Waals surface area contributed by atoms with Crippen molar-refractivity contribution < 1.29 is 4.79 Å². The highest BCUT2D eigenvalue weighted by molar-refractivity contribution is 5.54. The van der Waals surface area contributed by atoms with Gasteiger partial charge in [0, 0.05) is 0 Å². The van der Waals surface area contributed by atoms with E-state index in [2.05, 4.69) is 16.0 Å². The lowest BCUT2D eigenvalue weighted by molar-refractivity contribution is 0.560. The van der Waals surface area contributed by atoms with Gasteiger partial charge in [0.15, 0.2) is 6.19 Å². The number of rotatable bonds is 1. The van der Waals surface area contributed by atoms with Gasteiger partial charge in [-0.2, -0.15) is 5.26 Å². The zero-order chi connectivity index (χ0) is 7.40. The summed E-state index contributed by atoms with van der Waals surface area (Å²) in [5.41, 5.74) is 0.349. The summed E-state index contributed by atoms with van der Waals surface area (Å²) in [6, 6.07) is 0. The normalized spacial score (nSPS) is 22.7. The quantitative estimate of drug-likeness (QED) is 0.227. The molecule has 0 spiro atoms. The van der Waals surface area contributed by atoms with Gasteiger partial charge < -0.3 is 10.6 Å². The Kier molecular flexibility index (Phi) is 1.90. The van der Waals surface area contributed by atoms with E-state index in [1.807, 2.05) is 0 Å². The zero-order valence-electron chi connectivity index (χ0n) is 5.14. The van der Waals surface area contributed by atoms with Gasteiger partial charge in [0.2, 0.25) is 0 Å². The molecule has 0 saturated carbocycles. The zero-order valence-corrected chi connectivity index (χ0v) is 5.14. The van der Waals surface area contributed by atoms with Crippen LogP contribution in [-0.2, 0) is 4.79 Å². The number of nitriles is 1. The Morgan fingerprint density at radius 1 is 1.80 bits per heavy atom. The van der Waals surface area contributed by atoms with Crippen molar-refractivity contribution in [3.05, 3.63) is 5.70 Å². The predicted octanol–water partition coefficient (Wildman–Crippen LogP) is -1.75.